The first-order valence-corrected chi connectivity index (χ1v) is 7.89. The zero-order valence-corrected chi connectivity index (χ0v) is 13.9. The Kier molecular flexibility index (Phi) is 3.71. The Labute approximate surface area is 135 Å². The van der Waals surface area contributed by atoms with E-state index in [0.717, 1.165) is 17.0 Å². The summed E-state index contributed by atoms with van der Waals surface area (Å²) in [6, 6.07) is -0.208. The molecule has 1 aliphatic carbocycles. The van der Waals surface area contributed by atoms with Gasteiger partial charge in [-0.15, -0.1) is 0 Å². The van der Waals surface area contributed by atoms with Crippen LogP contribution in [-0.4, -0.2) is 51.8 Å². The molecule has 1 unspecified atom stereocenters. The number of aromatic nitrogens is 2. The smallest absolute Gasteiger partial charge is 0.307 e. The molecule has 2 aliphatic rings. The number of rotatable bonds is 3. The van der Waals surface area contributed by atoms with E-state index in [1.54, 1.807) is 4.90 Å². The summed E-state index contributed by atoms with van der Waals surface area (Å²) in [4.78, 5) is 26.2. The minimum atomic E-state index is -0.895. The molecule has 1 saturated carbocycles. The van der Waals surface area contributed by atoms with Crippen molar-refractivity contribution in [1.29, 1.82) is 0 Å². The first kappa shape index (κ1) is 16.0. The maximum Gasteiger partial charge on any atom is 0.307 e. The minimum Gasteiger partial charge on any atom is -0.481 e. The lowest BCUT2D eigenvalue weighted by Gasteiger charge is -2.36. The van der Waals surface area contributed by atoms with Crippen LogP contribution in [0.2, 0.25) is 0 Å². The largest absolute Gasteiger partial charge is 0.481 e. The molecule has 1 saturated heterocycles. The number of hydrogen-bond donors (Lipinski definition) is 2. The molecule has 1 aromatic rings. The van der Waals surface area contributed by atoms with Crippen molar-refractivity contribution in [3.63, 3.8) is 0 Å². The molecule has 0 bridgehead atoms. The van der Waals surface area contributed by atoms with Gasteiger partial charge in [0.05, 0.1) is 36.8 Å². The van der Waals surface area contributed by atoms with Crippen LogP contribution in [0.25, 0.3) is 0 Å². The highest BCUT2D eigenvalue weighted by Gasteiger charge is 2.67. The Bertz CT molecular complexity index is 632. The number of nitrogens with zero attached hydrogens (tertiary/aromatic N) is 2. The highest BCUT2D eigenvalue weighted by atomic mass is 16.5. The third-order valence-electron chi connectivity index (χ3n) is 5.29. The minimum absolute atomic E-state index is 0.0873. The maximum atomic E-state index is 13.0. The number of amides is 1. The van der Waals surface area contributed by atoms with E-state index >= 15 is 0 Å². The highest BCUT2D eigenvalue weighted by Crippen LogP contribution is 2.59. The summed E-state index contributed by atoms with van der Waals surface area (Å²) in [6.07, 6.45) is 0. The molecule has 0 radical (unpaired) electrons. The summed E-state index contributed by atoms with van der Waals surface area (Å²) in [5.41, 5.74) is 2.25. The second kappa shape index (κ2) is 5.33. The predicted octanol–water partition coefficient (Wildman–Crippen LogP) is 1.28. The van der Waals surface area contributed by atoms with Crippen LogP contribution in [0.1, 0.15) is 36.8 Å². The molecule has 7 heteroatoms. The zero-order valence-electron chi connectivity index (χ0n) is 13.9. The van der Waals surface area contributed by atoms with Gasteiger partial charge in [-0.3, -0.25) is 14.7 Å². The fraction of sp³-hybridized carbons (Fsp3) is 0.688. The average Bonchev–Trinajstić information content (AvgIpc) is 2.92. The van der Waals surface area contributed by atoms with Crippen LogP contribution in [-0.2, 0) is 14.3 Å². The van der Waals surface area contributed by atoms with Gasteiger partial charge in [0, 0.05) is 17.8 Å². The molecular formula is C16H23N3O4. The van der Waals surface area contributed by atoms with Crippen molar-refractivity contribution in [2.45, 2.75) is 33.7 Å². The Morgan fingerprint density at radius 1 is 1.35 bits per heavy atom. The van der Waals surface area contributed by atoms with E-state index in [-0.39, 0.29) is 11.9 Å². The van der Waals surface area contributed by atoms with Crippen LogP contribution in [0.4, 0.5) is 0 Å². The Morgan fingerprint density at radius 2 is 2.04 bits per heavy atom. The van der Waals surface area contributed by atoms with Gasteiger partial charge in [0.15, 0.2) is 0 Å². The summed E-state index contributed by atoms with van der Waals surface area (Å²) < 4.78 is 5.57. The monoisotopic (exact) mass is 321 g/mol. The van der Waals surface area contributed by atoms with E-state index in [4.69, 9.17) is 4.74 Å². The fourth-order valence-electron chi connectivity index (χ4n) is 3.90. The molecule has 2 N–H and O–H groups in total. The molecule has 0 aromatic carbocycles. The van der Waals surface area contributed by atoms with Crippen molar-refractivity contribution in [2.75, 3.05) is 19.8 Å². The normalized spacial score (nSPS) is 29.4. The van der Waals surface area contributed by atoms with Crippen LogP contribution in [0, 0.1) is 31.1 Å². The van der Waals surface area contributed by atoms with Crippen LogP contribution >= 0.6 is 0 Å². The summed E-state index contributed by atoms with van der Waals surface area (Å²) in [5.74, 6) is -2.05. The van der Waals surface area contributed by atoms with Crippen LogP contribution < -0.4 is 0 Å². The first-order valence-electron chi connectivity index (χ1n) is 7.89. The van der Waals surface area contributed by atoms with Gasteiger partial charge in [-0.1, -0.05) is 13.8 Å². The fourth-order valence-corrected chi connectivity index (χ4v) is 3.90. The second-order valence-electron chi connectivity index (χ2n) is 7.08. The van der Waals surface area contributed by atoms with E-state index < -0.39 is 23.2 Å². The average molecular weight is 321 g/mol. The van der Waals surface area contributed by atoms with Crippen molar-refractivity contribution < 1.29 is 19.4 Å². The van der Waals surface area contributed by atoms with Crippen molar-refractivity contribution in [1.82, 2.24) is 15.1 Å². The molecule has 3 atom stereocenters. The van der Waals surface area contributed by atoms with E-state index in [2.05, 4.69) is 10.2 Å². The van der Waals surface area contributed by atoms with Crippen LogP contribution in [0.3, 0.4) is 0 Å². The van der Waals surface area contributed by atoms with Gasteiger partial charge >= 0.3 is 5.97 Å². The Hall–Kier alpha value is -1.89. The van der Waals surface area contributed by atoms with Gasteiger partial charge in [0.1, 0.15) is 0 Å². The molecule has 126 valence electrons. The maximum absolute atomic E-state index is 13.0. The van der Waals surface area contributed by atoms with Gasteiger partial charge in [0.25, 0.3) is 0 Å². The third-order valence-corrected chi connectivity index (χ3v) is 5.29. The number of H-pyrrole nitrogens is 1. The molecule has 2 fully saturated rings. The summed E-state index contributed by atoms with van der Waals surface area (Å²) in [6.45, 7) is 8.88. The number of aromatic amines is 1. The number of carboxylic acid groups (broad SMARTS) is 1. The van der Waals surface area contributed by atoms with E-state index in [9.17, 15) is 14.7 Å². The van der Waals surface area contributed by atoms with Crippen molar-refractivity contribution in [2.24, 2.45) is 17.3 Å². The van der Waals surface area contributed by atoms with E-state index in [1.807, 2.05) is 27.7 Å². The summed E-state index contributed by atoms with van der Waals surface area (Å²) in [7, 11) is 0. The lowest BCUT2D eigenvalue weighted by Crippen LogP contribution is -2.45. The van der Waals surface area contributed by atoms with Crippen molar-refractivity contribution in [3.05, 3.63) is 17.0 Å². The number of aliphatic carboxylic acids is 1. The van der Waals surface area contributed by atoms with E-state index in [0.29, 0.717) is 19.8 Å². The van der Waals surface area contributed by atoms with Crippen LogP contribution in [0.15, 0.2) is 0 Å². The third kappa shape index (κ3) is 2.43. The standard InChI is InChI=1S/C16H23N3O4/c1-8-11(9(2)18-17-8)10-7-23-6-5-19(10)14(20)12-13(15(21)22)16(12,3)4/h10,12-13H,5-7H2,1-4H3,(H,17,18)(H,21,22)/t10?,12-,13+/m0/s1. The Morgan fingerprint density at radius 3 is 2.57 bits per heavy atom. The Balaban J connectivity index is 1.88. The molecule has 23 heavy (non-hydrogen) atoms. The van der Waals surface area contributed by atoms with Gasteiger partial charge in [-0.05, 0) is 19.3 Å². The van der Waals surface area contributed by atoms with Crippen molar-refractivity contribution >= 4 is 11.9 Å². The number of hydrogen-bond acceptors (Lipinski definition) is 4. The van der Waals surface area contributed by atoms with Crippen LogP contribution in [0.5, 0.6) is 0 Å². The zero-order chi connectivity index (χ0) is 16.9. The second-order valence-corrected chi connectivity index (χ2v) is 7.08. The molecule has 1 amide bonds. The molecular weight excluding hydrogens is 298 g/mol. The quantitative estimate of drug-likeness (QED) is 0.874. The molecule has 7 nitrogen and oxygen atoms in total. The topological polar surface area (TPSA) is 95.5 Å². The van der Waals surface area contributed by atoms with Crippen molar-refractivity contribution in [3.8, 4) is 0 Å². The molecule has 1 aromatic heterocycles. The molecule has 0 spiro atoms. The predicted molar refractivity (Wildman–Crippen MR) is 81.7 cm³/mol. The summed E-state index contributed by atoms with van der Waals surface area (Å²) in [5, 5.41) is 16.5. The number of nitrogens with one attached hydrogen (secondary N) is 1. The number of ether oxygens (including phenoxy) is 1. The lowest BCUT2D eigenvalue weighted by atomic mass is 10.0. The number of carbonyl (C=O) groups excluding carboxylic acids is 1. The van der Waals surface area contributed by atoms with Gasteiger partial charge in [0.2, 0.25) is 5.91 Å². The molecule has 1 aliphatic heterocycles. The summed E-state index contributed by atoms with van der Waals surface area (Å²) >= 11 is 0. The van der Waals surface area contributed by atoms with E-state index in [1.165, 1.54) is 0 Å². The number of aryl methyl sites for hydroxylation is 2. The lowest BCUT2D eigenvalue weighted by molar-refractivity contribution is -0.146. The number of carbonyl (C=O) groups is 2. The van der Waals surface area contributed by atoms with Gasteiger partial charge in [-0.2, -0.15) is 5.10 Å². The SMILES string of the molecule is Cc1n[nH]c(C)c1C1COCCN1C(=O)[C@@H]1[C@H](C(=O)O)C1(C)C. The molecule has 2 heterocycles. The van der Waals surface area contributed by atoms with Gasteiger partial charge in [-0.25, -0.2) is 0 Å². The van der Waals surface area contributed by atoms with Gasteiger partial charge < -0.3 is 14.7 Å². The molecule has 3 rings (SSSR count). The highest BCUT2D eigenvalue weighted by molar-refractivity contribution is 5.92. The number of carboxylic acids is 1. The first-order chi connectivity index (χ1) is 10.8. The number of morpholine rings is 1.